The second kappa shape index (κ2) is 11.8. The highest BCUT2D eigenvalue weighted by Gasteiger charge is 2.24. The van der Waals surface area contributed by atoms with Crippen molar-refractivity contribution in [2.24, 2.45) is 0 Å². The zero-order valence-electron chi connectivity index (χ0n) is 18.1. The van der Waals surface area contributed by atoms with Crippen LogP contribution in [0.4, 0.5) is 4.39 Å². The molecule has 0 radical (unpaired) electrons. The zero-order valence-corrected chi connectivity index (χ0v) is 20.4. The molecule has 180 valence electrons. The normalized spacial score (nSPS) is 15.4. The highest BCUT2D eigenvalue weighted by atomic mass is 79.9. The Morgan fingerprint density at radius 2 is 2.15 bits per heavy atom. The number of hydrogen-bond acceptors (Lipinski definition) is 6. The molecule has 1 aliphatic rings. The summed E-state index contributed by atoms with van der Waals surface area (Å²) in [5, 5.41) is 6.54. The molecular formula is C23H23BrClFN4O4. The molecule has 4 rings (SSSR count). The van der Waals surface area contributed by atoms with Crippen LogP contribution in [-0.2, 0) is 16.0 Å². The van der Waals surface area contributed by atoms with E-state index in [9.17, 15) is 9.18 Å². The Kier molecular flexibility index (Phi) is 8.52. The summed E-state index contributed by atoms with van der Waals surface area (Å²) in [4.78, 5) is 17.4. The standard InChI is InChI=1S/C23H23BrClFN4O4/c24-20-19(21(31)27-9-2-11-32-23-28-10-12-33-23)30(14-15-5-7-16(25)8-6-15)22(29-20)34-18-4-1-3-17(26)13-18/h1,3-8,13,23,28H,2,9-12,14H2,(H,27,31). The Bertz CT molecular complexity index is 1120. The monoisotopic (exact) mass is 552 g/mol. The van der Waals surface area contributed by atoms with Gasteiger partial charge >= 0.3 is 6.01 Å². The number of benzene rings is 2. The van der Waals surface area contributed by atoms with Crippen molar-refractivity contribution in [3.8, 4) is 11.8 Å². The van der Waals surface area contributed by atoms with Crippen molar-refractivity contribution < 1.29 is 23.4 Å². The smallest absolute Gasteiger partial charge is 0.303 e. The van der Waals surface area contributed by atoms with E-state index in [1.807, 2.05) is 12.1 Å². The lowest BCUT2D eigenvalue weighted by Crippen LogP contribution is -2.30. The molecule has 1 unspecified atom stereocenters. The molecule has 11 heteroatoms. The van der Waals surface area contributed by atoms with Gasteiger partial charge in [-0.3, -0.25) is 14.7 Å². The first-order chi connectivity index (χ1) is 16.5. The molecular weight excluding hydrogens is 531 g/mol. The summed E-state index contributed by atoms with van der Waals surface area (Å²) in [5.74, 6) is -0.509. The second-order valence-corrected chi connectivity index (χ2v) is 8.63. The van der Waals surface area contributed by atoms with Gasteiger partial charge in [0, 0.05) is 24.2 Å². The highest BCUT2D eigenvalue weighted by Crippen LogP contribution is 2.29. The number of aromatic nitrogens is 2. The van der Waals surface area contributed by atoms with Crippen LogP contribution in [0, 0.1) is 5.82 Å². The summed E-state index contributed by atoms with van der Waals surface area (Å²) in [6, 6.07) is 13.1. The lowest BCUT2D eigenvalue weighted by molar-refractivity contribution is -0.122. The van der Waals surface area contributed by atoms with Gasteiger partial charge in [0.2, 0.25) is 6.41 Å². The maximum atomic E-state index is 13.7. The molecule has 0 aliphatic carbocycles. The topological polar surface area (TPSA) is 86.6 Å². The molecule has 2 heterocycles. The Balaban J connectivity index is 1.49. The van der Waals surface area contributed by atoms with Crippen molar-refractivity contribution in [3.05, 3.63) is 75.2 Å². The molecule has 34 heavy (non-hydrogen) atoms. The average Bonchev–Trinajstić information content (AvgIpc) is 3.43. The van der Waals surface area contributed by atoms with E-state index in [2.05, 4.69) is 31.5 Å². The number of nitrogens with zero attached hydrogens (tertiary/aromatic N) is 2. The molecule has 1 amide bonds. The van der Waals surface area contributed by atoms with Gasteiger partial charge in [-0.25, -0.2) is 4.39 Å². The number of halogens is 3. The Morgan fingerprint density at radius 3 is 2.88 bits per heavy atom. The number of hydrogen-bond donors (Lipinski definition) is 2. The van der Waals surface area contributed by atoms with Gasteiger partial charge < -0.3 is 19.5 Å². The van der Waals surface area contributed by atoms with Gasteiger partial charge in [0.05, 0.1) is 19.8 Å². The number of carbonyl (C=O) groups is 1. The van der Waals surface area contributed by atoms with E-state index in [0.717, 1.165) is 12.1 Å². The van der Waals surface area contributed by atoms with Crippen molar-refractivity contribution in [2.75, 3.05) is 26.3 Å². The molecule has 0 bridgehead atoms. The van der Waals surface area contributed by atoms with Crippen LogP contribution in [0.25, 0.3) is 0 Å². The van der Waals surface area contributed by atoms with E-state index in [1.165, 1.54) is 18.2 Å². The lowest BCUT2D eigenvalue weighted by atomic mass is 10.2. The SMILES string of the molecule is O=C(NCCCOC1NCCO1)c1c(Br)nc(Oc2cccc(F)c2)n1Cc1ccc(Cl)cc1. The highest BCUT2D eigenvalue weighted by molar-refractivity contribution is 9.10. The Labute approximate surface area is 209 Å². The van der Waals surface area contributed by atoms with Crippen LogP contribution in [0.3, 0.4) is 0 Å². The van der Waals surface area contributed by atoms with Crippen molar-refractivity contribution in [1.29, 1.82) is 0 Å². The first-order valence-corrected chi connectivity index (χ1v) is 11.9. The van der Waals surface area contributed by atoms with Gasteiger partial charge in [0.15, 0.2) is 0 Å². The van der Waals surface area contributed by atoms with E-state index < -0.39 is 12.2 Å². The molecule has 2 N–H and O–H groups in total. The number of carbonyl (C=O) groups excluding carboxylic acids is 1. The summed E-state index contributed by atoms with van der Waals surface area (Å²) in [6.07, 6.45) is 0.205. The van der Waals surface area contributed by atoms with E-state index in [4.69, 9.17) is 25.8 Å². The first-order valence-electron chi connectivity index (χ1n) is 10.7. The summed E-state index contributed by atoms with van der Waals surface area (Å²) in [7, 11) is 0. The minimum absolute atomic E-state index is 0.144. The van der Waals surface area contributed by atoms with Gasteiger partial charge in [-0.05, 0) is 52.2 Å². The van der Waals surface area contributed by atoms with E-state index >= 15 is 0 Å². The van der Waals surface area contributed by atoms with E-state index in [-0.39, 0.29) is 29.9 Å². The lowest BCUT2D eigenvalue weighted by Gasteiger charge is -2.14. The maximum Gasteiger partial charge on any atom is 0.303 e. The van der Waals surface area contributed by atoms with Crippen LogP contribution < -0.4 is 15.4 Å². The van der Waals surface area contributed by atoms with Crippen molar-refractivity contribution in [2.45, 2.75) is 19.4 Å². The Morgan fingerprint density at radius 1 is 1.32 bits per heavy atom. The molecule has 3 aromatic rings. The third-order valence-electron chi connectivity index (χ3n) is 4.92. The Hall–Kier alpha value is -2.50. The molecule has 1 saturated heterocycles. The molecule has 0 saturated carbocycles. The summed E-state index contributed by atoms with van der Waals surface area (Å²) in [5.41, 5.74) is 1.16. The van der Waals surface area contributed by atoms with Crippen LogP contribution in [-0.4, -0.2) is 48.2 Å². The summed E-state index contributed by atoms with van der Waals surface area (Å²) in [6.45, 7) is 2.48. The van der Waals surface area contributed by atoms with Crippen molar-refractivity contribution in [3.63, 3.8) is 0 Å². The van der Waals surface area contributed by atoms with Crippen LogP contribution in [0.2, 0.25) is 5.02 Å². The van der Waals surface area contributed by atoms with Gasteiger partial charge in [0.25, 0.3) is 5.91 Å². The zero-order chi connectivity index (χ0) is 23.9. The molecule has 1 aliphatic heterocycles. The minimum atomic E-state index is -0.439. The molecule has 2 aromatic carbocycles. The van der Waals surface area contributed by atoms with Gasteiger partial charge in [0.1, 0.15) is 21.9 Å². The summed E-state index contributed by atoms with van der Waals surface area (Å²) >= 11 is 9.38. The van der Waals surface area contributed by atoms with Crippen LogP contribution in [0.5, 0.6) is 11.8 Å². The maximum absolute atomic E-state index is 13.7. The number of imidazole rings is 1. The summed E-state index contributed by atoms with van der Waals surface area (Å²) < 4.78 is 32.3. The molecule has 1 aromatic heterocycles. The molecule has 1 fully saturated rings. The van der Waals surface area contributed by atoms with Gasteiger partial charge in [-0.15, -0.1) is 0 Å². The minimum Gasteiger partial charge on any atom is -0.425 e. The fourth-order valence-electron chi connectivity index (χ4n) is 3.31. The van der Waals surface area contributed by atoms with Gasteiger partial charge in [-0.2, -0.15) is 4.98 Å². The van der Waals surface area contributed by atoms with E-state index in [1.54, 1.807) is 22.8 Å². The second-order valence-electron chi connectivity index (χ2n) is 7.44. The fraction of sp³-hybridized carbons (Fsp3) is 0.304. The number of nitrogens with one attached hydrogen (secondary N) is 2. The molecule has 8 nitrogen and oxygen atoms in total. The fourth-order valence-corrected chi connectivity index (χ4v) is 3.98. The van der Waals surface area contributed by atoms with Gasteiger partial charge in [-0.1, -0.05) is 29.8 Å². The third-order valence-corrected chi connectivity index (χ3v) is 5.73. The van der Waals surface area contributed by atoms with Crippen LogP contribution in [0.15, 0.2) is 53.1 Å². The van der Waals surface area contributed by atoms with Crippen molar-refractivity contribution >= 4 is 33.4 Å². The van der Waals surface area contributed by atoms with Crippen molar-refractivity contribution in [1.82, 2.24) is 20.2 Å². The largest absolute Gasteiger partial charge is 0.425 e. The molecule has 1 atom stereocenters. The number of amides is 1. The third kappa shape index (κ3) is 6.55. The predicted octanol–water partition coefficient (Wildman–Crippen LogP) is 4.32. The number of rotatable bonds is 10. The van der Waals surface area contributed by atoms with E-state index in [0.29, 0.717) is 35.8 Å². The average molecular weight is 554 g/mol. The predicted molar refractivity (Wildman–Crippen MR) is 128 cm³/mol. The molecule has 0 spiro atoms. The quantitative estimate of drug-likeness (QED) is 0.364. The van der Waals surface area contributed by atoms with Crippen LogP contribution in [0.1, 0.15) is 22.5 Å². The van der Waals surface area contributed by atoms with Crippen LogP contribution >= 0.6 is 27.5 Å². The number of ether oxygens (including phenoxy) is 3. The first kappa shape index (κ1) is 24.6.